The molecule has 0 unspecified atom stereocenters. The van der Waals surface area contributed by atoms with Crippen LogP contribution in [0, 0.1) is 13.8 Å². The van der Waals surface area contributed by atoms with E-state index in [2.05, 4.69) is 27.3 Å². The van der Waals surface area contributed by atoms with E-state index in [0.29, 0.717) is 10.9 Å². The van der Waals surface area contributed by atoms with E-state index in [-0.39, 0.29) is 0 Å². The normalized spacial score (nSPS) is 14.1. The number of benzene rings is 2. The molecule has 0 aliphatic heterocycles. The third kappa shape index (κ3) is 3.41. The summed E-state index contributed by atoms with van der Waals surface area (Å²) in [5, 5.41) is 7.72. The van der Waals surface area contributed by atoms with Crippen molar-refractivity contribution in [1.29, 1.82) is 0 Å². The molecule has 4 aromatic heterocycles. The van der Waals surface area contributed by atoms with Crippen LogP contribution in [0.15, 0.2) is 47.1 Å². The molecule has 8 heteroatoms. The first-order chi connectivity index (χ1) is 18.0. The third-order valence-corrected chi connectivity index (χ3v) is 7.76. The lowest BCUT2D eigenvalue weighted by atomic mass is 9.84. The second-order valence-corrected chi connectivity index (χ2v) is 10.2. The summed E-state index contributed by atoms with van der Waals surface area (Å²) in [6.07, 6.45) is 5.25. The van der Waals surface area contributed by atoms with Gasteiger partial charge in [-0.3, -0.25) is 4.98 Å². The van der Waals surface area contributed by atoms with Gasteiger partial charge in [0.05, 0.1) is 35.0 Å². The summed E-state index contributed by atoms with van der Waals surface area (Å²) in [6, 6.07) is 11.9. The minimum Gasteiger partial charge on any atom is -0.496 e. The lowest BCUT2D eigenvalue weighted by Crippen LogP contribution is -2.13. The van der Waals surface area contributed by atoms with E-state index >= 15 is 0 Å². The smallest absolute Gasteiger partial charge is 0.142 e. The number of fused-ring (bicyclic) bond motifs is 4. The molecule has 0 radical (unpaired) electrons. The standard InChI is InChI=1S/C29H24ClN5O2/c1-14-25(15(2)37-35-14)21-12-23-20(13-24(21)36-3)26-27(33-28(16-5-4-6-16)34-29(26)32-23)18-9-10-31-22-8-7-17(30)11-19(18)22/h7-13,16H,4-6H2,1-3H3,(H,32,33,34). The Bertz CT molecular complexity index is 1830. The van der Waals surface area contributed by atoms with Crippen LogP contribution in [0.25, 0.3) is 55.2 Å². The van der Waals surface area contributed by atoms with Crippen LogP contribution < -0.4 is 4.74 Å². The van der Waals surface area contributed by atoms with E-state index < -0.39 is 0 Å². The van der Waals surface area contributed by atoms with Crippen LogP contribution in [0.1, 0.15) is 42.5 Å². The highest BCUT2D eigenvalue weighted by Gasteiger charge is 2.27. The predicted molar refractivity (Wildman–Crippen MR) is 145 cm³/mol. The molecule has 7 rings (SSSR count). The number of nitrogens with zero attached hydrogens (tertiary/aromatic N) is 4. The Morgan fingerprint density at radius 2 is 1.89 bits per heavy atom. The number of halogens is 1. The van der Waals surface area contributed by atoms with Gasteiger partial charge in [-0.25, -0.2) is 9.97 Å². The maximum Gasteiger partial charge on any atom is 0.142 e. The fraction of sp³-hybridized carbons (Fsp3) is 0.241. The average molecular weight is 510 g/mol. The van der Waals surface area contributed by atoms with Gasteiger partial charge >= 0.3 is 0 Å². The highest BCUT2D eigenvalue weighted by Crippen LogP contribution is 2.43. The van der Waals surface area contributed by atoms with Crippen molar-refractivity contribution in [2.75, 3.05) is 7.11 Å². The van der Waals surface area contributed by atoms with Gasteiger partial charge in [-0.05, 0) is 63.1 Å². The predicted octanol–water partition coefficient (Wildman–Crippen LogP) is 7.53. The quantitative estimate of drug-likeness (QED) is 0.264. The molecule has 37 heavy (non-hydrogen) atoms. The summed E-state index contributed by atoms with van der Waals surface area (Å²) < 4.78 is 11.3. The van der Waals surface area contributed by atoms with E-state index in [0.717, 1.165) is 91.1 Å². The van der Waals surface area contributed by atoms with Gasteiger partial charge in [-0.2, -0.15) is 0 Å². The summed E-state index contributed by atoms with van der Waals surface area (Å²) in [7, 11) is 1.68. The second-order valence-electron chi connectivity index (χ2n) is 9.72. The summed E-state index contributed by atoms with van der Waals surface area (Å²) in [4.78, 5) is 18.4. The molecule has 4 heterocycles. The summed E-state index contributed by atoms with van der Waals surface area (Å²) in [5.41, 5.74) is 7.17. The van der Waals surface area contributed by atoms with Crippen molar-refractivity contribution in [1.82, 2.24) is 25.1 Å². The zero-order chi connectivity index (χ0) is 25.3. The Balaban J connectivity index is 1.57. The number of methoxy groups -OCH3 is 1. The van der Waals surface area contributed by atoms with Crippen molar-refractivity contribution in [3.8, 4) is 28.1 Å². The lowest BCUT2D eigenvalue weighted by Gasteiger charge is -2.24. The van der Waals surface area contributed by atoms with Crippen LogP contribution >= 0.6 is 11.6 Å². The molecule has 0 bridgehead atoms. The maximum absolute atomic E-state index is 6.42. The van der Waals surface area contributed by atoms with E-state index in [1.165, 1.54) is 6.42 Å². The fourth-order valence-corrected chi connectivity index (χ4v) is 5.61. The maximum atomic E-state index is 6.42. The van der Waals surface area contributed by atoms with Gasteiger partial charge in [0.1, 0.15) is 23.0 Å². The number of aromatic nitrogens is 5. The molecule has 1 saturated carbocycles. The average Bonchev–Trinajstić information content (AvgIpc) is 3.39. The first-order valence-corrected chi connectivity index (χ1v) is 12.8. The molecule has 0 amide bonds. The van der Waals surface area contributed by atoms with Crippen LogP contribution in [0.4, 0.5) is 0 Å². The molecule has 0 saturated heterocycles. The van der Waals surface area contributed by atoms with E-state index in [1.54, 1.807) is 7.11 Å². The molecule has 1 aliphatic carbocycles. The van der Waals surface area contributed by atoms with Crippen LogP contribution in [0.3, 0.4) is 0 Å². The minimum absolute atomic E-state index is 0.374. The summed E-state index contributed by atoms with van der Waals surface area (Å²) >= 11 is 6.42. The van der Waals surface area contributed by atoms with Gasteiger partial charge in [-0.15, -0.1) is 0 Å². The van der Waals surface area contributed by atoms with E-state index in [9.17, 15) is 0 Å². The Morgan fingerprint density at radius 3 is 2.62 bits per heavy atom. The number of aromatic amines is 1. The number of pyridine rings is 1. The first kappa shape index (κ1) is 22.2. The SMILES string of the molecule is COc1cc2c(cc1-c1c(C)noc1C)[nH]c1nc(C3CCC3)nc(-c3ccnc4ccc(Cl)cc34)c12. The number of hydrogen-bond donors (Lipinski definition) is 1. The number of hydrogen-bond acceptors (Lipinski definition) is 6. The molecule has 1 fully saturated rings. The largest absolute Gasteiger partial charge is 0.496 e. The molecule has 184 valence electrons. The summed E-state index contributed by atoms with van der Waals surface area (Å²) in [5.74, 6) is 2.74. The van der Waals surface area contributed by atoms with E-state index in [1.807, 2.05) is 44.3 Å². The van der Waals surface area contributed by atoms with Gasteiger partial charge in [0.25, 0.3) is 0 Å². The summed E-state index contributed by atoms with van der Waals surface area (Å²) in [6.45, 7) is 3.85. The molecule has 0 spiro atoms. The molecule has 1 N–H and O–H groups in total. The highest BCUT2D eigenvalue weighted by atomic mass is 35.5. The Morgan fingerprint density at radius 1 is 1.03 bits per heavy atom. The number of ether oxygens (including phenoxy) is 1. The van der Waals surface area contributed by atoms with Crippen molar-refractivity contribution >= 4 is 44.4 Å². The molecule has 1 aliphatic rings. The topological polar surface area (TPSA) is 89.7 Å². The van der Waals surface area contributed by atoms with E-state index in [4.69, 9.17) is 30.8 Å². The zero-order valence-electron chi connectivity index (χ0n) is 20.7. The number of nitrogens with one attached hydrogen (secondary N) is 1. The Hall–Kier alpha value is -3.97. The molecular formula is C29H24ClN5O2. The zero-order valence-corrected chi connectivity index (χ0v) is 21.5. The third-order valence-electron chi connectivity index (χ3n) is 7.52. The first-order valence-electron chi connectivity index (χ1n) is 12.4. The van der Waals surface area contributed by atoms with Crippen molar-refractivity contribution in [3.63, 3.8) is 0 Å². The Kier molecular flexibility index (Phi) is 4.98. The van der Waals surface area contributed by atoms with Crippen molar-refractivity contribution < 1.29 is 9.26 Å². The van der Waals surface area contributed by atoms with Gasteiger partial charge in [0, 0.05) is 44.6 Å². The van der Waals surface area contributed by atoms with Gasteiger partial charge in [-0.1, -0.05) is 23.2 Å². The molecular weight excluding hydrogens is 486 g/mol. The van der Waals surface area contributed by atoms with Crippen LogP contribution in [-0.2, 0) is 0 Å². The lowest BCUT2D eigenvalue weighted by molar-refractivity contribution is 0.393. The molecule has 2 aromatic carbocycles. The van der Waals surface area contributed by atoms with Crippen molar-refractivity contribution in [3.05, 3.63) is 64.9 Å². The highest BCUT2D eigenvalue weighted by molar-refractivity contribution is 6.31. The Labute approximate surface area is 217 Å². The van der Waals surface area contributed by atoms with Crippen molar-refractivity contribution in [2.24, 2.45) is 0 Å². The van der Waals surface area contributed by atoms with Gasteiger partial charge < -0.3 is 14.2 Å². The van der Waals surface area contributed by atoms with Gasteiger partial charge in [0.15, 0.2) is 0 Å². The number of rotatable bonds is 4. The molecule has 7 nitrogen and oxygen atoms in total. The van der Waals surface area contributed by atoms with Crippen LogP contribution in [-0.4, -0.2) is 32.2 Å². The van der Waals surface area contributed by atoms with Crippen LogP contribution in [0.2, 0.25) is 5.02 Å². The molecule has 6 aromatic rings. The number of H-pyrrole nitrogens is 1. The minimum atomic E-state index is 0.374. The van der Waals surface area contributed by atoms with Crippen molar-refractivity contribution in [2.45, 2.75) is 39.0 Å². The van der Waals surface area contributed by atoms with Gasteiger partial charge in [0.2, 0.25) is 0 Å². The monoisotopic (exact) mass is 509 g/mol. The fourth-order valence-electron chi connectivity index (χ4n) is 5.44. The second kappa shape index (κ2) is 8.28. The molecule has 0 atom stereocenters. The van der Waals surface area contributed by atoms with Crippen LogP contribution in [0.5, 0.6) is 5.75 Å². The number of aryl methyl sites for hydroxylation is 2.